The van der Waals surface area contributed by atoms with Crippen LogP contribution in [0.2, 0.25) is 0 Å². The van der Waals surface area contributed by atoms with Crippen molar-refractivity contribution in [3.05, 3.63) is 29.7 Å². The van der Waals surface area contributed by atoms with Gasteiger partial charge in [-0.15, -0.1) is 5.10 Å². The Kier molecular flexibility index (Phi) is 4.48. The molecule has 2 aromatic rings. The molecule has 5 nitrogen and oxygen atoms in total. The highest BCUT2D eigenvalue weighted by Crippen LogP contribution is 2.39. The molecule has 0 spiro atoms. The second kappa shape index (κ2) is 6.32. The summed E-state index contributed by atoms with van der Waals surface area (Å²) < 4.78 is 71.7. The van der Waals surface area contributed by atoms with Crippen LogP contribution in [0.3, 0.4) is 0 Å². The summed E-state index contributed by atoms with van der Waals surface area (Å²) in [6.45, 7) is 1.99. The van der Waals surface area contributed by atoms with Crippen molar-refractivity contribution < 1.29 is 26.7 Å². The number of halogens is 5. The molecule has 136 valence electrons. The fourth-order valence-electron chi connectivity index (χ4n) is 2.56. The van der Waals surface area contributed by atoms with Crippen molar-refractivity contribution in [1.82, 2.24) is 19.7 Å². The topological polar surface area (TPSA) is 52.8 Å². The Balaban J connectivity index is 1.82. The van der Waals surface area contributed by atoms with Crippen LogP contribution < -0.4 is 0 Å². The number of hydrogen-bond acceptors (Lipinski definition) is 4. The number of aryl methyl sites for hydroxylation is 1. The van der Waals surface area contributed by atoms with Crippen LogP contribution in [-0.4, -0.2) is 31.8 Å². The lowest BCUT2D eigenvalue weighted by Crippen LogP contribution is -2.41. The van der Waals surface area contributed by atoms with Gasteiger partial charge >= 0.3 is 6.18 Å². The van der Waals surface area contributed by atoms with E-state index in [1.54, 1.807) is 6.92 Å². The molecule has 0 radical (unpaired) electrons. The van der Waals surface area contributed by atoms with Gasteiger partial charge in [-0.1, -0.05) is 0 Å². The lowest BCUT2D eigenvalue weighted by molar-refractivity contribution is -0.170. The van der Waals surface area contributed by atoms with E-state index in [9.17, 15) is 22.0 Å². The highest BCUT2D eigenvalue weighted by atomic mass is 19.4. The predicted molar refractivity (Wildman–Crippen MR) is 76.7 cm³/mol. The van der Waals surface area contributed by atoms with Crippen molar-refractivity contribution in [1.29, 1.82) is 0 Å². The molecule has 0 N–H and O–H groups in total. The Morgan fingerprint density at radius 1 is 1.32 bits per heavy atom. The number of pyridine rings is 1. The molecular weight excluding hydrogens is 347 g/mol. The highest BCUT2D eigenvalue weighted by Gasteiger charge is 2.46. The smallest absolute Gasteiger partial charge is 0.370 e. The zero-order chi connectivity index (χ0) is 18.2. The second-order valence-electron chi connectivity index (χ2n) is 5.76. The zero-order valence-corrected chi connectivity index (χ0v) is 13.2. The Morgan fingerprint density at radius 2 is 2.04 bits per heavy atom. The molecule has 0 saturated heterocycles. The van der Waals surface area contributed by atoms with Crippen molar-refractivity contribution in [2.75, 3.05) is 0 Å². The summed E-state index contributed by atoms with van der Waals surface area (Å²) in [6, 6.07) is 2.09. The second-order valence-corrected chi connectivity index (χ2v) is 5.76. The SMILES string of the molecule is CCn1nc(-c2ncccc2C(F)(F)F)nc1COC1CC(F)(F)C1. The van der Waals surface area contributed by atoms with Gasteiger partial charge in [0.15, 0.2) is 5.82 Å². The van der Waals surface area contributed by atoms with E-state index in [1.807, 2.05) is 0 Å². The van der Waals surface area contributed by atoms with E-state index in [2.05, 4.69) is 15.1 Å². The highest BCUT2D eigenvalue weighted by molar-refractivity contribution is 5.55. The van der Waals surface area contributed by atoms with E-state index < -0.39 is 23.8 Å². The summed E-state index contributed by atoms with van der Waals surface area (Å²) in [5.74, 6) is -2.61. The van der Waals surface area contributed by atoms with Crippen LogP contribution in [0.5, 0.6) is 0 Å². The Hall–Kier alpha value is -2.10. The quantitative estimate of drug-likeness (QED) is 0.762. The summed E-state index contributed by atoms with van der Waals surface area (Å²) in [7, 11) is 0. The molecule has 10 heteroatoms. The lowest BCUT2D eigenvalue weighted by Gasteiger charge is -2.34. The van der Waals surface area contributed by atoms with Crippen LogP contribution in [0.1, 0.15) is 31.2 Å². The van der Waals surface area contributed by atoms with Gasteiger partial charge in [-0.2, -0.15) is 13.2 Å². The molecular formula is C15H15F5N4O. The van der Waals surface area contributed by atoms with Gasteiger partial charge in [-0.3, -0.25) is 4.98 Å². The van der Waals surface area contributed by atoms with E-state index in [4.69, 9.17) is 4.74 Å². The normalized spacial score (nSPS) is 17.5. The van der Waals surface area contributed by atoms with Crippen molar-refractivity contribution in [3.63, 3.8) is 0 Å². The molecule has 2 heterocycles. The standard InChI is InChI=1S/C15H15F5N4O/c1-2-24-11(8-25-9-6-14(16,17)7-9)22-13(23-24)12-10(15(18,19)20)4-3-5-21-12/h3-5,9H,2,6-8H2,1H3. The van der Waals surface area contributed by atoms with E-state index in [0.29, 0.717) is 6.54 Å². The van der Waals surface area contributed by atoms with Crippen molar-refractivity contribution >= 4 is 0 Å². The largest absolute Gasteiger partial charge is 0.418 e. The molecule has 0 bridgehead atoms. The van der Waals surface area contributed by atoms with Gasteiger partial charge in [0, 0.05) is 25.6 Å². The van der Waals surface area contributed by atoms with Crippen LogP contribution in [0, 0.1) is 0 Å². The van der Waals surface area contributed by atoms with Crippen LogP contribution in [-0.2, 0) is 24.1 Å². The first kappa shape index (κ1) is 17.7. The summed E-state index contributed by atoms with van der Waals surface area (Å²) in [5.41, 5.74) is -1.31. The first-order valence-corrected chi connectivity index (χ1v) is 7.65. The number of aromatic nitrogens is 4. The van der Waals surface area contributed by atoms with Crippen LogP contribution in [0.25, 0.3) is 11.5 Å². The number of alkyl halides is 5. The molecule has 0 aromatic carbocycles. The fourth-order valence-corrected chi connectivity index (χ4v) is 2.56. The molecule has 1 fully saturated rings. The number of ether oxygens (including phenoxy) is 1. The van der Waals surface area contributed by atoms with E-state index >= 15 is 0 Å². The molecule has 0 unspecified atom stereocenters. The minimum Gasteiger partial charge on any atom is -0.370 e. The summed E-state index contributed by atoms with van der Waals surface area (Å²) in [6.07, 6.45) is -4.67. The van der Waals surface area contributed by atoms with Gasteiger partial charge in [0.25, 0.3) is 5.92 Å². The molecule has 2 aromatic heterocycles. The third-order valence-corrected chi connectivity index (χ3v) is 3.87. The Labute approximate surface area is 139 Å². The summed E-state index contributed by atoms with van der Waals surface area (Å²) >= 11 is 0. The molecule has 1 aliphatic rings. The van der Waals surface area contributed by atoms with Gasteiger partial charge in [0.2, 0.25) is 5.82 Å². The summed E-state index contributed by atoms with van der Waals surface area (Å²) in [4.78, 5) is 7.82. The van der Waals surface area contributed by atoms with Gasteiger partial charge in [0.05, 0.1) is 11.7 Å². The predicted octanol–water partition coefficient (Wildman–Crippen LogP) is 3.69. The number of nitrogens with zero attached hydrogens (tertiary/aromatic N) is 4. The first-order valence-electron chi connectivity index (χ1n) is 7.65. The van der Waals surface area contributed by atoms with E-state index in [0.717, 1.165) is 6.07 Å². The monoisotopic (exact) mass is 362 g/mol. The minimum absolute atomic E-state index is 0.101. The number of hydrogen-bond donors (Lipinski definition) is 0. The third kappa shape index (κ3) is 3.78. The average molecular weight is 362 g/mol. The molecule has 1 aliphatic carbocycles. The first-order chi connectivity index (χ1) is 11.7. The Bertz CT molecular complexity index is 751. The summed E-state index contributed by atoms with van der Waals surface area (Å²) in [5, 5.41) is 4.04. The maximum Gasteiger partial charge on any atom is 0.418 e. The van der Waals surface area contributed by atoms with Gasteiger partial charge in [-0.05, 0) is 19.1 Å². The van der Waals surface area contributed by atoms with Gasteiger partial charge < -0.3 is 4.74 Å². The molecule has 0 amide bonds. The number of rotatable bonds is 5. The van der Waals surface area contributed by atoms with Gasteiger partial charge in [-0.25, -0.2) is 18.4 Å². The van der Waals surface area contributed by atoms with Crippen LogP contribution in [0.4, 0.5) is 22.0 Å². The third-order valence-electron chi connectivity index (χ3n) is 3.87. The van der Waals surface area contributed by atoms with Crippen molar-refractivity contribution in [3.8, 4) is 11.5 Å². The molecule has 0 atom stereocenters. The van der Waals surface area contributed by atoms with E-state index in [1.165, 1.54) is 16.9 Å². The maximum absolute atomic E-state index is 13.1. The van der Waals surface area contributed by atoms with Crippen molar-refractivity contribution in [2.45, 2.75) is 51.1 Å². The van der Waals surface area contributed by atoms with Crippen LogP contribution in [0.15, 0.2) is 18.3 Å². The molecule has 1 saturated carbocycles. The molecule has 3 rings (SSSR count). The van der Waals surface area contributed by atoms with Crippen molar-refractivity contribution in [2.24, 2.45) is 0 Å². The van der Waals surface area contributed by atoms with E-state index in [-0.39, 0.29) is 36.8 Å². The van der Waals surface area contributed by atoms with Gasteiger partial charge in [0.1, 0.15) is 12.3 Å². The minimum atomic E-state index is -4.59. The maximum atomic E-state index is 13.1. The lowest BCUT2D eigenvalue weighted by atomic mass is 9.91. The molecule has 0 aliphatic heterocycles. The average Bonchev–Trinajstić information content (AvgIpc) is 2.93. The van der Waals surface area contributed by atoms with Crippen LogP contribution >= 0.6 is 0 Å². The Morgan fingerprint density at radius 3 is 2.64 bits per heavy atom. The zero-order valence-electron chi connectivity index (χ0n) is 13.2. The molecule has 25 heavy (non-hydrogen) atoms. The fraction of sp³-hybridized carbons (Fsp3) is 0.533.